The van der Waals surface area contributed by atoms with Crippen LogP contribution in [0.4, 0.5) is 5.69 Å². The van der Waals surface area contributed by atoms with Crippen molar-refractivity contribution in [2.45, 2.75) is 38.8 Å². The van der Waals surface area contributed by atoms with Crippen molar-refractivity contribution >= 4 is 11.6 Å². The van der Waals surface area contributed by atoms with Gasteiger partial charge in [0.05, 0.1) is 0 Å². The molecule has 3 N–H and O–H groups in total. The summed E-state index contributed by atoms with van der Waals surface area (Å²) in [6.07, 6.45) is 2.37. The van der Waals surface area contributed by atoms with Crippen molar-refractivity contribution in [2.24, 2.45) is 11.7 Å². The molecular weight excluding hydrogens is 300 g/mol. The number of amides is 1. The van der Waals surface area contributed by atoms with Gasteiger partial charge < -0.3 is 16.0 Å². The Hall–Kier alpha value is -1.59. The molecule has 3 rings (SSSR count). The number of carbonyl (C=O) groups is 1. The number of benzene rings is 1. The minimum absolute atomic E-state index is 0.00599. The Kier molecular flexibility index (Phi) is 5.41. The molecule has 0 bridgehead atoms. The summed E-state index contributed by atoms with van der Waals surface area (Å²) in [6, 6.07) is 8.73. The monoisotopic (exact) mass is 330 g/mol. The number of nitrogens with zero attached hydrogens (tertiary/aromatic N) is 2. The van der Waals surface area contributed by atoms with Crippen molar-refractivity contribution in [2.75, 3.05) is 37.6 Å². The third-order valence-electron chi connectivity index (χ3n) is 5.30. The SMILES string of the molecule is CC(C)N1CCN(c2ccc(C(=O)NC(CN)C3CC3)cc2)CC1. The van der Waals surface area contributed by atoms with E-state index in [-0.39, 0.29) is 11.9 Å². The number of hydrogen-bond donors (Lipinski definition) is 2. The van der Waals surface area contributed by atoms with Crippen molar-refractivity contribution in [3.05, 3.63) is 29.8 Å². The maximum Gasteiger partial charge on any atom is 0.251 e. The lowest BCUT2D eigenvalue weighted by Gasteiger charge is -2.38. The Morgan fingerprint density at radius 3 is 2.29 bits per heavy atom. The second-order valence-electron chi connectivity index (χ2n) is 7.32. The molecule has 1 aromatic carbocycles. The molecule has 0 aromatic heterocycles. The number of anilines is 1. The van der Waals surface area contributed by atoms with Gasteiger partial charge in [-0.05, 0) is 56.9 Å². The van der Waals surface area contributed by atoms with Crippen LogP contribution in [-0.2, 0) is 0 Å². The molecule has 132 valence electrons. The van der Waals surface area contributed by atoms with Crippen LogP contribution in [0.2, 0.25) is 0 Å². The molecule has 5 heteroatoms. The van der Waals surface area contributed by atoms with Crippen LogP contribution in [-0.4, -0.2) is 55.6 Å². The van der Waals surface area contributed by atoms with E-state index in [4.69, 9.17) is 5.73 Å². The summed E-state index contributed by atoms with van der Waals surface area (Å²) in [5.74, 6) is 0.573. The highest BCUT2D eigenvalue weighted by molar-refractivity contribution is 5.94. The average Bonchev–Trinajstić information content (AvgIpc) is 3.44. The van der Waals surface area contributed by atoms with Gasteiger partial charge in [0.1, 0.15) is 0 Å². The molecule has 1 aliphatic heterocycles. The molecule has 1 amide bonds. The fourth-order valence-electron chi connectivity index (χ4n) is 3.44. The van der Waals surface area contributed by atoms with E-state index >= 15 is 0 Å². The van der Waals surface area contributed by atoms with Gasteiger partial charge in [0.25, 0.3) is 5.91 Å². The summed E-state index contributed by atoms with van der Waals surface area (Å²) in [7, 11) is 0. The lowest BCUT2D eigenvalue weighted by atomic mass is 10.1. The van der Waals surface area contributed by atoms with Gasteiger partial charge in [0, 0.05) is 56.1 Å². The fraction of sp³-hybridized carbons (Fsp3) is 0.632. The third kappa shape index (κ3) is 4.08. The number of piperazine rings is 1. The quantitative estimate of drug-likeness (QED) is 0.833. The van der Waals surface area contributed by atoms with Gasteiger partial charge in [-0.2, -0.15) is 0 Å². The lowest BCUT2D eigenvalue weighted by molar-refractivity contribution is 0.0933. The van der Waals surface area contributed by atoms with Crippen molar-refractivity contribution in [3.63, 3.8) is 0 Å². The van der Waals surface area contributed by atoms with Gasteiger partial charge >= 0.3 is 0 Å². The van der Waals surface area contributed by atoms with Crippen molar-refractivity contribution < 1.29 is 4.79 Å². The lowest BCUT2D eigenvalue weighted by Crippen LogP contribution is -2.48. The largest absolute Gasteiger partial charge is 0.369 e. The minimum Gasteiger partial charge on any atom is -0.369 e. The molecule has 1 aliphatic carbocycles. The normalized spacial score (nSPS) is 20.2. The number of carbonyl (C=O) groups excluding carboxylic acids is 1. The summed E-state index contributed by atoms with van der Waals surface area (Å²) in [5, 5.41) is 3.08. The highest BCUT2D eigenvalue weighted by Gasteiger charge is 2.31. The van der Waals surface area contributed by atoms with E-state index in [1.54, 1.807) is 0 Å². The van der Waals surface area contributed by atoms with Crippen molar-refractivity contribution in [3.8, 4) is 0 Å². The van der Waals surface area contributed by atoms with E-state index in [9.17, 15) is 4.79 Å². The van der Waals surface area contributed by atoms with Crippen molar-refractivity contribution in [1.82, 2.24) is 10.2 Å². The molecule has 1 saturated heterocycles. The van der Waals surface area contributed by atoms with E-state index in [1.165, 1.54) is 18.5 Å². The van der Waals surface area contributed by atoms with Crippen LogP contribution in [0.1, 0.15) is 37.0 Å². The van der Waals surface area contributed by atoms with Crippen LogP contribution in [0.5, 0.6) is 0 Å². The van der Waals surface area contributed by atoms with Gasteiger partial charge in [-0.15, -0.1) is 0 Å². The predicted octanol–water partition coefficient (Wildman–Crippen LogP) is 1.68. The summed E-state index contributed by atoms with van der Waals surface area (Å²) in [4.78, 5) is 17.3. The maximum absolute atomic E-state index is 12.4. The van der Waals surface area contributed by atoms with Crippen LogP contribution >= 0.6 is 0 Å². The highest BCUT2D eigenvalue weighted by Crippen LogP contribution is 2.32. The first-order chi connectivity index (χ1) is 11.6. The molecule has 1 aromatic rings. The molecule has 5 nitrogen and oxygen atoms in total. The van der Waals surface area contributed by atoms with E-state index in [2.05, 4.69) is 41.1 Å². The van der Waals surface area contributed by atoms with Crippen LogP contribution < -0.4 is 16.0 Å². The maximum atomic E-state index is 12.4. The molecule has 2 aliphatic rings. The molecule has 1 unspecified atom stereocenters. The van der Waals surface area contributed by atoms with Gasteiger partial charge in [-0.25, -0.2) is 0 Å². The first kappa shape index (κ1) is 17.2. The Bertz CT molecular complexity index is 545. The van der Waals surface area contributed by atoms with Crippen molar-refractivity contribution in [1.29, 1.82) is 0 Å². The van der Waals surface area contributed by atoms with Gasteiger partial charge in [-0.3, -0.25) is 9.69 Å². The molecular formula is C19H30N4O. The number of nitrogens with one attached hydrogen (secondary N) is 1. The first-order valence-electron chi connectivity index (χ1n) is 9.18. The molecule has 1 saturated carbocycles. The Morgan fingerprint density at radius 1 is 1.17 bits per heavy atom. The summed E-state index contributed by atoms with van der Waals surface area (Å²) < 4.78 is 0. The van der Waals surface area contributed by atoms with E-state index < -0.39 is 0 Å². The van der Waals surface area contributed by atoms with E-state index in [1.807, 2.05) is 12.1 Å². The zero-order chi connectivity index (χ0) is 17.1. The zero-order valence-electron chi connectivity index (χ0n) is 14.9. The summed E-state index contributed by atoms with van der Waals surface area (Å²) in [6.45, 7) is 9.30. The molecule has 2 fully saturated rings. The minimum atomic E-state index is -0.00599. The molecule has 1 atom stereocenters. The van der Waals surface area contributed by atoms with Crippen LogP contribution in [0.25, 0.3) is 0 Å². The Morgan fingerprint density at radius 2 is 1.79 bits per heavy atom. The van der Waals surface area contributed by atoms with Gasteiger partial charge in [-0.1, -0.05) is 0 Å². The van der Waals surface area contributed by atoms with Crippen LogP contribution in [0, 0.1) is 5.92 Å². The second-order valence-corrected chi connectivity index (χ2v) is 7.32. The standard InChI is InChI=1S/C19H30N4O/c1-14(2)22-9-11-23(12-10-22)17-7-5-16(6-8-17)19(24)21-18(13-20)15-3-4-15/h5-8,14-15,18H,3-4,9-13,20H2,1-2H3,(H,21,24). The van der Waals surface area contributed by atoms with Gasteiger partial charge in [0.2, 0.25) is 0 Å². The average molecular weight is 330 g/mol. The second kappa shape index (κ2) is 7.53. The number of rotatable bonds is 6. The van der Waals surface area contributed by atoms with E-state index in [0.29, 0.717) is 18.5 Å². The van der Waals surface area contributed by atoms with Crippen LogP contribution in [0.3, 0.4) is 0 Å². The number of nitrogens with two attached hydrogens (primary N) is 1. The fourth-order valence-corrected chi connectivity index (χ4v) is 3.44. The first-order valence-corrected chi connectivity index (χ1v) is 9.18. The van der Waals surface area contributed by atoms with Gasteiger partial charge in [0.15, 0.2) is 0 Å². The zero-order valence-corrected chi connectivity index (χ0v) is 14.9. The third-order valence-corrected chi connectivity index (χ3v) is 5.30. The smallest absolute Gasteiger partial charge is 0.251 e. The van der Waals surface area contributed by atoms with E-state index in [0.717, 1.165) is 31.7 Å². The van der Waals surface area contributed by atoms with Crippen LogP contribution in [0.15, 0.2) is 24.3 Å². The topological polar surface area (TPSA) is 61.6 Å². The molecule has 24 heavy (non-hydrogen) atoms. The Balaban J connectivity index is 1.56. The predicted molar refractivity (Wildman–Crippen MR) is 98.4 cm³/mol. The highest BCUT2D eigenvalue weighted by atomic mass is 16.1. The molecule has 1 heterocycles. The molecule has 0 spiro atoms. The summed E-state index contributed by atoms with van der Waals surface area (Å²) >= 11 is 0. The molecule has 0 radical (unpaired) electrons. The Labute approximate surface area is 145 Å². The number of hydrogen-bond acceptors (Lipinski definition) is 4. The summed E-state index contributed by atoms with van der Waals surface area (Å²) in [5.41, 5.74) is 7.69.